The molecule has 0 fully saturated rings. The molecule has 0 aliphatic rings. The molecule has 10 nitrogen and oxygen atoms in total. The molecule has 4 amide bonds. The molecule has 0 heterocycles. The fraction of sp³-hybridized carbons (Fsp3) is 0.773. The summed E-state index contributed by atoms with van der Waals surface area (Å²) in [5.41, 5.74) is 12.1. The summed E-state index contributed by atoms with van der Waals surface area (Å²) in [7, 11) is 0. The van der Waals surface area contributed by atoms with Crippen molar-refractivity contribution in [3.8, 4) is 0 Å². The van der Waals surface area contributed by atoms with Gasteiger partial charge in [0.05, 0.1) is 0 Å². The van der Waals surface area contributed by atoms with Crippen LogP contribution in [0.1, 0.15) is 202 Å². The Hall–Kier alpha value is -2.98. The molecular weight excluding hydrogens is 677 g/mol. The molecule has 0 aromatic heterocycles. The first-order chi connectivity index (χ1) is 26.4. The molecule has 0 saturated carbocycles. The monoisotopic (exact) mass is 757 g/mol. The molecule has 8 N–H and O–H groups in total. The lowest BCUT2D eigenvalue weighted by Crippen LogP contribution is -2.47. The van der Waals surface area contributed by atoms with Gasteiger partial charge < -0.3 is 32.7 Å². The second-order valence-corrected chi connectivity index (χ2v) is 15.1. The zero-order chi connectivity index (χ0) is 39.5. The SMILES string of the molecule is CCCCCCCCCCCCNC(=O)[C@H](CCCCN)NC(=O)c1ccc(C(=O)N[C@@H](CCCCN)C(=O)NCCCCCCCCCCCC)cc1. The molecule has 310 valence electrons. The fourth-order valence-electron chi connectivity index (χ4n) is 6.67. The number of carbonyl (C=O) groups is 4. The Morgan fingerprint density at radius 3 is 1.04 bits per heavy atom. The average Bonchev–Trinajstić information content (AvgIpc) is 3.18. The molecule has 1 aromatic rings. The van der Waals surface area contributed by atoms with E-state index in [-0.39, 0.29) is 23.6 Å². The minimum atomic E-state index is -0.664. The van der Waals surface area contributed by atoms with E-state index in [1.54, 1.807) is 24.3 Å². The highest BCUT2D eigenvalue weighted by Gasteiger charge is 2.23. The zero-order valence-electron chi connectivity index (χ0n) is 34.5. The number of rotatable bonds is 36. The van der Waals surface area contributed by atoms with Crippen LogP contribution in [0.3, 0.4) is 0 Å². The quantitative estimate of drug-likeness (QED) is 0.0377. The third-order valence-corrected chi connectivity index (χ3v) is 10.2. The molecule has 1 aromatic carbocycles. The summed E-state index contributed by atoms with van der Waals surface area (Å²) in [5.74, 6) is -1.11. The van der Waals surface area contributed by atoms with Gasteiger partial charge in [-0.25, -0.2) is 0 Å². The smallest absolute Gasteiger partial charge is 0.251 e. The second kappa shape index (κ2) is 34.5. The lowest BCUT2D eigenvalue weighted by molar-refractivity contribution is -0.123. The third-order valence-electron chi connectivity index (χ3n) is 10.2. The first kappa shape index (κ1) is 49.0. The Bertz CT molecular complexity index is 1010. The van der Waals surface area contributed by atoms with E-state index in [4.69, 9.17) is 11.5 Å². The van der Waals surface area contributed by atoms with E-state index in [1.165, 1.54) is 103 Å². The summed E-state index contributed by atoms with van der Waals surface area (Å²) < 4.78 is 0. The zero-order valence-corrected chi connectivity index (χ0v) is 34.5. The minimum absolute atomic E-state index is 0.181. The normalized spacial score (nSPS) is 12.2. The summed E-state index contributed by atoms with van der Waals surface area (Å²) >= 11 is 0. The molecule has 0 saturated heterocycles. The van der Waals surface area contributed by atoms with Gasteiger partial charge in [0.1, 0.15) is 12.1 Å². The first-order valence-corrected chi connectivity index (χ1v) is 22.0. The van der Waals surface area contributed by atoms with Crippen LogP contribution in [-0.2, 0) is 9.59 Å². The Kier molecular flexibility index (Phi) is 31.3. The number of nitrogens with one attached hydrogen (secondary N) is 4. The van der Waals surface area contributed by atoms with Crippen LogP contribution < -0.4 is 32.7 Å². The highest BCUT2D eigenvalue weighted by Crippen LogP contribution is 2.13. The maximum absolute atomic E-state index is 13.2. The maximum atomic E-state index is 13.2. The van der Waals surface area contributed by atoms with E-state index in [1.807, 2.05) is 0 Å². The van der Waals surface area contributed by atoms with Gasteiger partial charge in [-0.15, -0.1) is 0 Å². The lowest BCUT2D eigenvalue weighted by Gasteiger charge is -2.19. The summed E-state index contributed by atoms with van der Waals surface area (Å²) in [5, 5.41) is 11.8. The molecule has 0 aliphatic heterocycles. The Morgan fingerprint density at radius 2 is 0.741 bits per heavy atom. The van der Waals surface area contributed by atoms with Gasteiger partial charge >= 0.3 is 0 Å². The number of unbranched alkanes of at least 4 members (excludes halogenated alkanes) is 20. The Morgan fingerprint density at radius 1 is 0.444 bits per heavy atom. The van der Waals surface area contributed by atoms with Crippen molar-refractivity contribution in [2.45, 2.75) is 193 Å². The van der Waals surface area contributed by atoms with Crippen molar-refractivity contribution >= 4 is 23.6 Å². The predicted molar refractivity (Wildman–Crippen MR) is 224 cm³/mol. The number of carbonyl (C=O) groups excluding carboxylic acids is 4. The van der Waals surface area contributed by atoms with Crippen LogP contribution in [0.2, 0.25) is 0 Å². The number of hydrogen-bond donors (Lipinski definition) is 6. The van der Waals surface area contributed by atoms with Crippen LogP contribution in [0.15, 0.2) is 24.3 Å². The summed E-state index contributed by atoms with van der Waals surface area (Å²) in [6, 6.07) is 5.00. The van der Waals surface area contributed by atoms with Crippen LogP contribution in [-0.4, -0.2) is 61.9 Å². The van der Waals surface area contributed by atoms with Crippen LogP contribution in [0.25, 0.3) is 0 Å². The van der Waals surface area contributed by atoms with Crippen molar-refractivity contribution in [3.63, 3.8) is 0 Å². The van der Waals surface area contributed by atoms with E-state index < -0.39 is 12.1 Å². The standard InChI is InChI=1S/C44H80N6O4/c1-3-5-7-9-11-13-15-17-19-25-35-47-43(53)39(27-21-23-33-45)49-41(51)37-29-31-38(32-30-37)42(52)50-40(28-22-24-34-46)44(54)48-36-26-20-18-16-14-12-10-8-6-4-2/h29-32,39-40H,3-28,33-36,45-46H2,1-2H3,(H,47,53)(H,48,54)(H,49,51)(H,50,52)/t39-,40-/m0/s1. The van der Waals surface area contributed by atoms with Gasteiger partial charge in [0.15, 0.2) is 0 Å². The molecule has 0 aliphatic carbocycles. The highest BCUT2D eigenvalue weighted by atomic mass is 16.2. The van der Waals surface area contributed by atoms with Gasteiger partial charge in [-0.3, -0.25) is 19.2 Å². The first-order valence-electron chi connectivity index (χ1n) is 22.0. The van der Waals surface area contributed by atoms with Gasteiger partial charge in [0.2, 0.25) is 11.8 Å². The predicted octanol–water partition coefficient (Wildman–Crippen LogP) is 8.22. The van der Waals surface area contributed by atoms with Gasteiger partial charge in [-0.05, 0) is 88.7 Å². The average molecular weight is 757 g/mol. The Labute approximate surface area is 329 Å². The van der Waals surface area contributed by atoms with Crippen molar-refractivity contribution in [3.05, 3.63) is 35.4 Å². The van der Waals surface area contributed by atoms with Crippen LogP contribution in [0.5, 0.6) is 0 Å². The van der Waals surface area contributed by atoms with Crippen molar-refractivity contribution in [1.29, 1.82) is 0 Å². The number of benzene rings is 1. The van der Waals surface area contributed by atoms with E-state index >= 15 is 0 Å². The van der Waals surface area contributed by atoms with E-state index in [0.717, 1.165) is 51.4 Å². The van der Waals surface area contributed by atoms with E-state index in [0.29, 0.717) is 50.1 Å². The maximum Gasteiger partial charge on any atom is 0.251 e. The molecule has 0 radical (unpaired) electrons. The molecule has 1 rings (SSSR count). The summed E-state index contributed by atoms with van der Waals surface area (Å²) in [4.78, 5) is 52.6. The van der Waals surface area contributed by atoms with E-state index in [9.17, 15) is 19.2 Å². The van der Waals surface area contributed by atoms with Crippen molar-refractivity contribution in [2.24, 2.45) is 11.5 Å². The second-order valence-electron chi connectivity index (χ2n) is 15.1. The van der Waals surface area contributed by atoms with Crippen LogP contribution in [0.4, 0.5) is 0 Å². The topological polar surface area (TPSA) is 168 Å². The molecule has 10 heteroatoms. The molecular formula is C44H80N6O4. The number of amides is 4. The van der Waals surface area contributed by atoms with Gasteiger partial charge in [0.25, 0.3) is 11.8 Å². The molecule has 0 spiro atoms. The summed E-state index contributed by atoms with van der Waals surface area (Å²) in [6.07, 6.45) is 28.6. The van der Waals surface area contributed by atoms with Crippen LogP contribution in [0, 0.1) is 0 Å². The third kappa shape index (κ3) is 25.2. The van der Waals surface area contributed by atoms with Gasteiger partial charge in [0, 0.05) is 24.2 Å². The van der Waals surface area contributed by atoms with Crippen LogP contribution >= 0.6 is 0 Å². The van der Waals surface area contributed by atoms with Crippen molar-refractivity contribution in [1.82, 2.24) is 21.3 Å². The molecule has 0 bridgehead atoms. The molecule has 54 heavy (non-hydrogen) atoms. The highest BCUT2D eigenvalue weighted by molar-refractivity contribution is 6.00. The minimum Gasteiger partial charge on any atom is -0.354 e. The Balaban J connectivity index is 2.58. The fourth-order valence-corrected chi connectivity index (χ4v) is 6.67. The molecule has 2 atom stereocenters. The van der Waals surface area contributed by atoms with Gasteiger partial charge in [-0.2, -0.15) is 0 Å². The number of hydrogen-bond acceptors (Lipinski definition) is 6. The largest absolute Gasteiger partial charge is 0.354 e. The van der Waals surface area contributed by atoms with Crippen molar-refractivity contribution < 1.29 is 19.2 Å². The lowest BCUT2D eigenvalue weighted by atomic mass is 10.1. The number of nitrogens with two attached hydrogens (primary N) is 2. The summed E-state index contributed by atoms with van der Waals surface area (Å²) in [6.45, 7) is 6.71. The van der Waals surface area contributed by atoms with Crippen molar-refractivity contribution in [2.75, 3.05) is 26.2 Å². The van der Waals surface area contributed by atoms with Gasteiger partial charge in [-0.1, -0.05) is 129 Å². The molecule has 0 unspecified atom stereocenters. The van der Waals surface area contributed by atoms with E-state index in [2.05, 4.69) is 35.1 Å².